The molecule has 0 aliphatic carbocycles. The summed E-state index contributed by atoms with van der Waals surface area (Å²) >= 11 is 0. The highest BCUT2D eigenvalue weighted by atomic mass is 32.2. The van der Waals surface area contributed by atoms with E-state index in [1.165, 1.54) is 4.31 Å². The third-order valence-corrected chi connectivity index (χ3v) is 6.59. The van der Waals surface area contributed by atoms with Gasteiger partial charge in [0.1, 0.15) is 11.4 Å². The largest absolute Gasteiger partial charge is 0.370 e. The number of piperidine rings is 1. The van der Waals surface area contributed by atoms with Crippen LogP contribution in [0, 0.1) is 0 Å². The maximum Gasteiger partial charge on any atom is 0.281 e. The smallest absolute Gasteiger partial charge is 0.281 e. The number of hydrogen-bond donors (Lipinski definition) is 2. The van der Waals surface area contributed by atoms with E-state index in [1.807, 2.05) is 45.0 Å². The molecular formula is C18H29N5O2S. The van der Waals surface area contributed by atoms with Crippen molar-refractivity contribution in [1.29, 1.82) is 0 Å². The zero-order valence-corrected chi connectivity index (χ0v) is 17.0. The van der Waals surface area contributed by atoms with Crippen molar-refractivity contribution in [3.8, 4) is 0 Å². The molecule has 0 radical (unpaired) electrons. The van der Waals surface area contributed by atoms with E-state index in [4.69, 9.17) is 4.99 Å². The summed E-state index contributed by atoms with van der Waals surface area (Å²) in [7, 11) is -0.332. The molecule has 7 nitrogen and oxygen atoms in total. The van der Waals surface area contributed by atoms with E-state index in [2.05, 4.69) is 10.6 Å². The van der Waals surface area contributed by atoms with E-state index in [0.29, 0.717) is 13.1 Å². The molecule has 1 aromatic carbocycles. The maximum absolute atomic E-state index is 12.7. The number of nitrogens with zero attached hydrogens (tertiary/aromatic N) is 3. The molecule has 0 amide bonds. The maximum atomic E-state index is 12.7. The monoisotopic (exact) mass is 379 g/mol. The Kier molecular flexibility index (Phi) is 4.79. The summed E-state index contributed by atoms with van der Waals surface area (Å²) in [6.07, 6.45) is 1.59. The molecule has 0 bridgehead atoms. The lowest BCUT2D eigenvalue weighted by atomic mass is 9.85. The minimum Gasteiger partial charge on any atom is -0.370 e. The summed E-state index contributed by atoms with van der Waals surface area (Å²) in [5.74, 6) is 0.808. The van der Waals surface area contributed by atoms with Crippen molar-refractivity contribution in [2.75, 3.05) is 37.8 Å². The lowest BCUT2D eigenvalue weighted by molar-refractivity contribution is 0.279. The van der Waals surface area contributed by atoms with Crippen LogP contribution < -0.4 is 10.6 Å². The summed E-state index contributed by atoms with van der Waals surface area (Å²) in [5, 5.41) is 7.08. The Labute approximate surface area is 156 Å². The Hall–Kier alpha value is -1.64. The van der Waals surface area contributed by atoms with Gasteiger partial charge >= 0.3 is 0 Å². The van der Waals surface area contributed by atoms with Crippen molar-refractivity contribution >= 4 is 27.4 Å². The minimum atomic E-state index is -3.48. The normalized spacial score (nSPS) is 25.8. The van der Waals surface area contributed by atoms with Gasteiger partial charge in [-0.1, -0.05) is 12.1 Å². The number of amidine groups is 1. The summed E-state index contributed by atoms with van der Waals surface area (Å²) in [6, 6.07) is 7.97. The van der Waals surface area contributed by atoms with Gasteiger partial charge in [-0.05, 0) is 45.7 Å². The van der Waals surface area contributed by atoms with Crippen LogP contribution in [0.2, 0.25) is 0 Å². The molecule has 0 aromatic heterocycles. The minimum absolute atomic E-state index is 0.272. The quantitative estimate of drug-likeness (QED) is 0.827. The van der Waals surface area contributed by atoms with E-state index in [-0.39, 0.29) is 5.54 Å². The van der Waals surface area contributed by atoms with Gasteiger partial charge in [0.2, 0.25) is 0 Å². The van der Waals surface area contributed by atoms with Gasteiger partial charge in [0.05, 0.1) is 16.9 Å². The first-order valence-corrected chi connectivity index (χ1v) is 10.4. The predicted octanol–water partition coefficient (Wildman–Crippen LogP) is 2.36. The molecule has 144 valence electrons. The molecule has 2 aliphatic heterocycles. The second-order valence-corrected chi connectivity index (χ2v) is 10.4. The number of rotatable bonds is 2. The topological polar surface area (TPSA) is 77.0 Å². The summed E-state index contributed by atoms with van der Waals surface area (Å²) < 4.78 is 28.3. The zero-order valence-electron chi connectivity index (χ0n) is 16.2. The molecule has 1 aromatic rings. The van der Waals surface area contributed by atoms with Gasteiger partial charge in [-0.3, -0.25) is 4.99 Å². The first-order chi connectivity index (χ1) is 12.0. The van der Waals surface area contributed by atoms with Crippen LogP contribution in [0.5, 0.6) is 0 Å². The fourth-order valence-electron chi connectivity index (χ4n) is 3.48. The highest BCUT2D eigenvalue weighted by Crippen LogP contribution is 2.37. The fraction of sp³-hybridized carbons (Fsp3) is 0.611. The molecule has 1 unspecified atom stereocenters. The van der Waals surface area contributed by atoms with Crippen LogP contribution in [0.4, 0.5) is 11.4 Å². The van der Waals surface area contributed by atoms with Crippen LogP contribution in [0.25, 0.3) is 0 Å². The molecule has 26 heavy (non-hydrogen) atoms. The molecule has 8 heteroatoms. The summed E-state index contributed by atoms with van der Waals surface area (Å²) in [4.78, 5) is 4.91. The Balaban J connectivity index is 2.05. The zero-order chi connectivity index (χ0) is 19.2. The first kappa shape index (κ1) is 19.1. The van der Waals surface area contributed by atoms with E-state index in [0.717, 1.165) is 30.1 Å². The highest BCUT2D eigenvalue weighted by molar-refractivity contribution is 7.86. The third-order valence-electron chi connectivity index (χ3n) is 4.70. The van der Waals surface area contributed by atoms with Crippen molar-refractivity contribution in [3.05, 3.63) is 24.3 Å². The fourth-order valence-corrected chi connectivity index (χ4v) is 4.68. The van der Waals surface area contributed by atoms with E-state index < -0.39 is 15.7 Å². The van der Waals surface area contributed by atoms with Crippen molar-refractivity contribution in [1.82, 2.24) is 8.61 Å². The summed E-state index contributed by atoms with van der Waals surface area (Å²) in [5.41, 5.74) is 1.12. The number of para-hydroxylation sites is 2. The first-order valence-electron chi connectivity index (χ1n) is 8.96. The predicted molar refractivity (Wildman–Crippen MR) is 107 cm³/mol. The van der Waals surface area contributed by atoms with Crippen molar-refractivity contribution < 1.29 is 8.42 Å². The van der Waals surface area contributed by atoms with Crippen molar-refractivity contribution in [2.24, 2.45) is 4.99 Å². The molecule has 3 rings (SSSR count). The number of hydrogen-bond acceptors (Lipinski definition) is 4. The van der Waals surface area contributed by atoms with Crippen LogP contribution in [-0.4, -0.2) is 61.1 Å². The van der Waals surface area contributed by atoms with Crippen LogP contribution in [0.1, 0.15) is 33.6 Å². The number of nitrogens with one attached hydrogen (secondary N) is 2. The van der Waals surface area contributed by atoms with E-state index in [1.54, 1.807) is 18.4 Å². The van der Waals surface area contributed by atoms with Crippen LogP contribution in [0.15, 0.2) is 29.3 Å². The summed E-state index contributed by atoms with van der Waals surface area (Å²) in [6.45, 7) is 7.02. The average molecular weight is 380 g/mol. The number of benzene rings is 1. The van der Waals surface area contributed by atoms with Gasteiger partial charge in [0.15, 0.2) is 0 Å². The van der Waals surface area contributed by atoms with Crippen LogP contribution in [0.3, 0.4) is 0 Å². The molecule has 1 spiro atoms. The molecule has 1 fully saturated rings. The van der Waals surface area contributed by atoms with Crippen molar-refractivity contribution in [2.45, 2.75) is 44.7 Å². The Bertz CT molecular complexity index is 813. The number of aliphatic imine (C=N–C) groups is 1. The Morgan fingerprint density at radius 1 is 1.19 bits per heavy atom. The second kappa shape index (κ2) is 6.51. The number of fused-ring (bicyclic) bond motifs is 1. The van der Waals surface area contributed by atoms with Gasteiger partial charge in [-0.25, -0.2) is 0 Å². The van der Waals surface area contributed by atoms with Crippen LogP contribution in [-0.2, 0) is 10.2 Å². The molecule has 1 atom stereocenters. The Morgan fingerprint density at radius 2 is 1.85 bits per heavy atom. The molecule has 2 N–H and O–H groups in total. The number of anilines is 2. The second-order valence-electron chi connectivity index (χ2n) is 8.24. The third kappa shape index (κ3) is 3.58. The highest BCUT2D eigenvalue weighted by Gasteiger charge is 2.46. The molecule has 2 aliphatic rings. The lowest BCUT2D eigenvalue weighted by Gasteiger charge is -2.47. The molecule has 2 heterocycles. The SMILES string of the molecule is CN(C)S(=O)(=O)N1CCCC2(C1)Nc1ccccc1NC2=NC(C)(C)C. The van der Waals surface area contributed by atoms with E-state index >= 15 is 0 Å². The lowest BCUT2D eigenvalue weighted by Crippen LogP contribution is -2.63. The average Bonchev–Trinajstić information content (AvgIpc) is 2.54. The van der Waals surface area contributed by atoms with Gasteiger partial charge in [0, 0.05) is 27.2 Å². The molecular weight excluding hydrogens is 350 g/mol. The Morgan fingerprint density at radius 3 is 2.46 bits per heavy atom. The van der Waals surface area contributed by atoms with Gasteiger partial charge < -0.3 is 10.6 Å². The van der Waals surface area contributed by atoms with Gasteiger partial charge in [0.25, 0.3) is 10.2 Å². The standard InChI is InChI=1S/C18H29N5O2S/c1-17(2,3)21-16-18(20-15-10-7-6-9-14(15)19-16)11-8-12-23(13-18)26(24,25)22(4)5/h6-7,9-10,20H,8,11-13H2,1-5H3,(H,19,21). The van der Waals surface area contributed by atoms with E-state index in [9.17, 15) is 8.42 Å². The van der Waals surface area contributed by atoms with Crippen LogP contribution >= 0.6 is 0 Å². The molecule has 0 saturated carbocycles. The molecule has 1 saturated heterocycles. The van der Waals surface area contributed by atoms with Gasteiger partial charge in [-0.15, -0.1) is 0 Å². The van der Waals surface area contributed by atoms with Gasteiger partial charge in [-0.2, -0.15) is 17.0 Å². The van der Waals surface area contributed by atoms with Crippen molar-refractivity contribution in [3.63, 3.8) is 0 Å².